The molecule has 32 heavy (non-hydrogen) atoms. The van der Waals surface area contributed by atoms with Crippen LogP contribution < -0.4 is 10.6 Å². The molecular formula is C24H39N7O. The minimum absolute atomic E-state index is 0.383. The van der Waals surface area contributed by atoms with E-state index in [9.17, 15) is 0 Å². The van der Waals surface area contributed by atoms with Crippen LogP contribution in [0.2, 0.25) is 0 Å². The van der Waals surface area contributed by atoms with Crippen molar-refractivity contribution in [3.63, 3.8) is 0 Å². The van der Waals surface area contributed by atoms with Gasteiger partial charge in [-0.3, -0.25) is 9.89 Å². The Morgan fingerprint density at radius 1 is 1.16 bits per heavy atom. The molecule has 1 fully saturated rings. The molecule has 1 aromatic heterocycles. The highest BCUT2D eigenvalue weighted by molar-refractivity contribution is 5.79. The highest BCUT2D eigenvalue weighted by Crippen LogP contribution is 2.16. The molecular weight excluding hydrogens is 402 g/mol. The molecule has 0 unspecified atom stereocenters. The third-order valence-corrected chi connectivity index (χ3v) is 5.71. The summed E-state index contributed by atoms with van der Waals surface area (Å²) in [5.41, 5.74) is 1.39. The quantitative estimate of drug-likeness (QED) is 0.299. The standard InChI is InChI=1S/C24H39N7O/c1-3-23-29-28-20-31(23)17-14-27-24(25-4-2)26-13-8-18-32-22-11-15-30(16-12-22)19-21-9-6-5-7-10-21/h5-7,9-10,20,22H,3-4,8,11-19H2,1-2H3,(H2,25,26,27). The molecule has 0 bridgehead atoms. The van der Waals surface area contributed by atoms with Gasteiger partial charge in [-0.15, -0.1) is 10.2 Å². The van der Waals surface area contributed by atoms with Crippen LogP contribution in [0.1, 0.15) is 44.5 Å². The van der Waals surface area contributed by atoms with Gasteiger partial charge in [0, 0.05) is 58.8 Å². The van der Waals surface area contributed by atoms with Crippen LogP contribution >= 0.6 is 0 Å². The molecule has 1 aliphatic heterocycles. The monoisotopic (exact) mass is 441 g/mol. The minimum atomic E-state index is 0.383. The van der Waals surface area contributed by atoms with Gasteiger partial charge in [0.15, 0.2) is 5.96 Å². The Morgan fingerprint density at radius 2 is 1.97 bits per heavy atom. The van der Waals surface area contributed by atoms with Crippen molar-refractivity contribution in [2.75, 3.05) is 39.3 Å². The summed E-state index contributed by atoms with van der Waals surface area (Å²) in [7, 11) is 0. The first-order chi connectivity index (χ1) is 15.8. The highest BCUT2D eigenvalue weighted by atomic mass is 16.5. The van der Waals surface area contributed by atoms with Gasteiger partial charge in [-0.05, 0) is 31.7 Å². The lowest BCUT2D eigenvalue weighted by Gasteiger charge is -2.31. The van der Waals surface area contributed by atoms with E-state index >= 15 is 0 Å². The number of guanidine groups is 1. The Kier molecular flexibility index (Phi) is 10.5. The third kappa shape index (κ3) is 8.24. The summed E-state index contributed by atoms with van der Waals surface area (Å²) < 4.78 is 8.20. The molecule has 1 saturated heterocycles. The van der Waals surface area contributed by atoms with Crippen molar-refractivity contribution in [3.8, 4) is 0 Å². The molecule has 0 amide bonds. The van der Waals surface area contributed by atoms with Crippen molar-refractivity contribution in [2.45, 2.75) is 58.7 Å². The summed E-state index contributed by atoms with van der Waals surface area (Å²) in [6.07, 6.45) is 6.22. The first-order valence-electron chi connectivity index (χ1n) is 12.0. The van der Waals surface area contributed by atoms with Crippen molar-refractivity contribution in [2.24, 2.45) is 4.99 Å². The summed E-state index contributed by atoms with van der Waals surface area (Å²) in [4.78, 5) is 7.21. The number of benzene rings is 1. The first kappa shape index (κ1) is 24.2. The molecule has 0 atom stereocenters. The average molecular weight is 442 g/mol. The predicted octanol–water partition coefficient (Wildman–Crippen LogP) is 2.47. The highest BCUT2D eigenvalue weighted by Gasteiger charge is 2.19. The Hall–Kier alpha value is -2.45. The molecule has 8 heteroatoms. The molecule has 2 N–H and O–H groups in total. The van der Waals surface area contributed by atoms with E-state index in [1.54, 1.807) is 6.33 Å². The van der Waals surface area contributed by atoms with Crippen LogP contribution in [0, 0.1) is 0 Å². The summed E-state index contributed by atoms with van der Waals surface area (Å²) in [6.45, 7) is 11.4. The number of ether oxygens (including phenoxy) is 1. The van der Waals surface area contributed by atoms with Crippen molar-refractivity contribution < 1.29 is 4.74 Å². The normalized spacial score (nSPS) is 15.8. The molecule has 1 aliphatic rings. The van der Waals surface area contributed by atoms with E-state index in [0.717, 1.165) is 89.9 Å². The predicted molar refractivity (Wildman–Crippen MR) is 129 cm³/mol. The number of piperidine rings is 1. The van der Waals surface area contributed by atoms with E-state index in [4.69, 9.17) is 4.74 Å². The van der Waals surface area contributed by atoms with Crippen LogP contribution in [-0.4, -0.2) is 71.1 Å². The molecule has 176 valence electrons. The number of rotatable bonds is 12. The Balaban J connectivity index is 1.28. The topological polar surface area (TPSA) is 79.6 Å². The Morgan fingerprint density at radius 3 is 2.72 bits per heavy atom. The van der Waals surface area contributed by atoms with Gasteiger partial charge in [0.05, 0.1) is 6.10 Å². The van der Waals surface area contributed by atoms with Gasteiger partial charge in [-0.1, -0.05) is 37.3 Å². The number of hydrogen-bond donors (Lipinski definition) is 2. The zero-order valence-corrected chi connectivity index (χ0v) is 19.7. The van der Waals surface area contributed by atoms with E-state index < -0.39 is 0 Å². The fourth-order valence-corrected chi connectivity index (χ4v) is 3.96. The number of hydrogen-bond acceptors (Lipinski definition) is 5. The summed E-state index contributed by atoms with van der Waals surface area (Å²) in [6, 6.07) is 10.7. The third-order valence-electron chi connectivity index (χ3n) is 5.71. The molecule has 8 nitrogen and oxygen atoms in total. The fraction of sp³-hybridized carbons (Fsp3) is 0.625. The largest absolute Gasteiger partial charge is 0.378 e. The fourth-order valence-electron chi connectivity index (χ4n) is 3.96. The van der Waals surface area contributed by atoms with Crippen molar-refractivity contribution in [1.29, 1.82) is 0 Å². The second kappa shape index (κ2) is 13.9. The van der Waals surface area contributed by atoms with E-state index in [0.29, 0.717) is 6.10 Å². The van der Waals surface area contributed by atoms with Gasteiger partial charge < -0.3 is 19.9 Å². The van der Waals surface area contributed by atoms with E-state index in [2.05, 4.69) is 79.5 Å². The number of nitrogens with zero attached hydrogens (tertiary/aromatic N) is 5. The number of aromatic nitrogens is 3. The van der Waals surface area contributed by atoms with Crippen molar-refractivity contribution in [1.82, 2.24) is 30.3 Å². The smallest absolute Gasteiger partial charge is 0.191 e. The first-order valence-corrected chi connectivity index (χ1v) is 12.0. The number of aliphatic imine (C=N–C) groups is 1. The number of likely N-dealkylation sites (tertiary alicyclic amines) is 1. The van der Waals surface area contributed by atoms with Gasteiger partial charge in [0.1, 0.15) is 12.2 Å². The lowest BCUT2D eigenvalue weighted by atomic mass is 10.1. The van der Waals surface area contributed by atoms with Crippen LogP contribution in [0.25, 0.3) is 0 Å². The lowest BCUT2D eigenvalue weighted by Crippen LogP contribution is -2.39. The van der Waals surface area contributed by atoms with Crippen molar-refractivity contribution in [3.05, 3.63) is 48.0 Å². The molecule has 2 heterocycles. The summed E-state index contributed by atoms with van der Waals surface area (Å²) >= 11 is 0. The van der Waals surface area contributed by atoms with Crippen LogP contribution in [-0.2, 0) is 24.2 Å². The second-order valence-corrected chi connectivity index (χ2v) is 8.17. The number of aryl methyl sites for hydroxylation is 1. The zero-order chi connectivity index (χ0) is 22.4. The van der Waals surface area contributed by atoms with Gasteiger partial charge in [0.25, 0.3) is 0 Å². The molecule has 0 radical (unpaired) electrons. The van der Waals surface area contributed by atoms with E-state index in [1.807, 2.05) is 0 Å². The molecule has 0 aliphatic carbocycles. The second-order valence-electron chi connectivity index (χ2n) is 8.17. The Labute approximate surface area is 192 Å². The molecule has 3 rings (SSSR count). The van der Waals surface area contributed by atoms with Gasteiger partial charge in [0.2, 0.25) is 0 Å². The van der Waals surface area contributed by atoms with Crippen molar-refractivity contribution >= 4 is 5.96 Å². The number of nitrogens with one attached hydrogen (secondary N) is 2. The molecule has 2 aromatic rings. The minimum Gasteiger partial charge on any atom is -0.378 e. The maximum Gasteiger partial charge on any atom is 0.191 e. The average Bonchev–Trinajstić information content (AvgIpc) is 3.28. The molecule has 0 saturated carbocycles. The van der Waals surface area contributed by atoms with Gasteiger partial charge in [-0.2, -0.15) is 0 Å². The van der Waals surface area contributed by atoms with Crippen LogP contribution in [0.15, 0.2) is 41.7 Å². The molecule has 0 spiro atoms. The SMILES string of the molecule is CCNC(=NCCCOC1CCN(Cc2ccccc2)CC1)NCCn1cnnc1CC. The zero-order valence-electron chi connectivity index (χ0n) is 19.7. The van der Waals surface area contributed by atoms with Crippen LogP contribution in [0.3, 0.4) is 0 Å². The van der Waals surface area contributed by atoms with E-state index in [1.165, 1.54) is 5.56 Å². The Bertz CT molecular complexity index is 785. The van der Waals surface area contributed by atoms with Crippen LogP contribution in [0.4, 0.5) is 0 Å². The lowest BCUT2D eigenvalue weighted by molar-refractivity contribution is 0.00566. The van der Waals surface area contributed by atoms with Gasteiger partial charge >= 0.3 is 0 Å². The van der Waals surface area contributed by atoms with Crippen LogP contribution in [0.5, 0.6) is 0 Å². The maximum atomic E-state index is 6.12. The van der Waals surface area contributed by atoms with Gasteiger partial charge in [-0.25, -0.2) is 0 Å². The maximum absolute atomic E-state index is 6.12. The summed E-state index contributed by atoms with van der Waals surface area (Å²) in [5.74, 6) is 1.87. The molecule has 1 aromatic carbocycles. The van der Waals surface area contributed by atoms with E-state index in [-0.39, 0.29) is 0 Å². The summed E-state index contributed by atoms with van der Waals surface area (Å²) in [5, 5.41) is 14.8.